The second-order valence-corrected chi connectivity index (χ2v) is 8.82. The third-order valence-electron chi connectivity index (χ3n) is 3.67. The molecule has 1 N–H and O–H groups in total. The Labute approximate surface area is 168 Å². The molecule has 0 spiro atoms. The topological polar surface area (TPSA) is 66.1 Å². The van der Waals surface area contributed by atoms with Crippen LogP contribution in [0.5, 0.6) is 0 Å². The van der Waals surface area contributed by atoms with Crippen LogP contribution in [0.15, 0.2) is 39.3 Å². The van der Waals surface area contributed by atoms with Crippen LogP contribution in [0.4, 0.5) is 0 Å². The van der Waals surface area contributed by atoms with Crippen LogP contribution in [0.25, 0.3) is 10.2 Å². The monoisotopic (exact) mass is 427 g/mol. The number of hydrogen-bond acceptors (Lipinski definition) is 5. The Hall–Kier alpha value is -1.54. The summed E-state index contributed by atoms with van der Waals surface area (Å²) in [6.45, 7) is 2.02. The Bertz CT molecular complexity index is 1020. The van der Waals surface area contributed by atoms with Gasteiger partial charge in [-0.15, -0.1) is 23.1 Å². The molecule has 9 heteroatoms. The van der Waals surface area contributed by atoms with Gasteiger partial charge in [0, 0.05) is 17.0 Å². The normalized spacial score (nSPS) is 12.3. The summed E-state index contributed by atoms with van der Waals surface area (Å²) in [5.74, 6) is 0.355. The maximum atomic E-state index is 12.7. The molecular formula is C17H15Cl2N3O2S2. The summed E-state index contributed by atoms with van der Waals surface area (Å²) >= 11 is 14.8. The van der Waals surface area contributed by atoms with Crippen LogP contribution in [0.2, 0.25) is 10.0 Å². The van der Waals surface area contributed by atoms with Gasteiger partial charge in [-0.2, -0.15) is 0 Å². The van der Waals surface area contributed by atoms with Gasteiger partial charge in [0.05, 0.1) is 22.3 Å². The number of nitrogens with one attached hydrogen (secondary N) is 1. The van der Waals surface area contributed by atoms with Crippen molar-refractivity contribution in [2.24, 2.45) is 0 Å². The van der Waals surface area contributed by atoms with Gasteiger partial charge in [-0.1, -0.05) is 23.2 Å². The molecule has 0 aliphatic heterocycles. The fourth-order valence-corrected chi connectivity index (χ4v) is 4.67. The smallest absolute Gasteiger partial charge is 0.268 e. The van der Waals surface area contributed by atoms with Crippen LogP contribution < -0.4 is 5.56 Å². The Morgan fingerprint density at radius 1 is 1.38 bits per heavy atom. The number of nitrogens with zero attached hydrogens (tertiary/aromatic N) is 2. The van der Waals surface area contributed by atoms with Crippen molar-refractivity contribution in [2.45, 2.75) is 23.6 Å². The van der Waals surface area contributed by atoms with Crippen LogP contribution in [-0.4, -0.2) is 33.1 Å². The molecular weight excluding hydrogens is 413 g/mol. The van der Waals surface area contributed by atoms with Crippen LogP contribution in [-0.2, 0) is 11.3 Å². The Morgan fingerprint density at radius 2 is 2.15 bits per heavy atom. The summed E-state index contributed by atoms with van der Waals surface area (Å²) in [6.07, 6.45) is 0. The first-order valence-corrected chi connectivity index (χ1v) is 10.2. The highest BCUT2D eigenvalue weighted by Gasteiger charge is 2.21. The molecule has 0 bridgehead atoms. The fraction of sp³-hybridized carbons (Fsp3) is 0.235. The molecule has 0 saturated carbocycles. The lowest BCUT2D eigenvalue weighted by molar-refractivity contribution is -0.129. The summed E-state index contributed by atoms with van der Waals surface area (Å²) in [5.41, 5.74) is 0.455. The molecule has 3 rings (SSSR count). The molecule has 26 heavy (non-hydrogen) atoms. The van der Waals surface area contributed by atoms with Gasteiger partial charge in [-0.3, -0.25) is 9.59 Å². The summed E-state index contributed by atoms with van der Waals surface area (Å²) in [4.78, 5) is 34.1. The average Bonchev–Trinajstić information content (AvgIpc) is 3.06. The maximum Gasteiger partial charge on any atom is 0.268 e. The zero-order chi connectivity index (χ0) is 18.8. The molecule has 1 unspecified atom stereocenters. The van der Waals surface area contributed by atoms with Gasteiger partial charge in [0.1, 0.15) is 10.5 Å². The molecule has 0 aliphatic rings. The number of benzene rings is 1. The number of aromatic nitrogens is 2. The number of amides is 1. The van der Waals surface area contributed by atoms with Gasteiger partial charge in [0.15, 0.2) is 0 Å². The summed E-state index contributed by atoms with van der Waals surface area (Å²) < 4.78 is 0.585. The first-order chi connectivity index (χ1) is 12.3. The number of thioether (sulfide) groups is 1. The van der Waals surface area contributed by atoms with Crippen molar-refractivity contribution in [3.8, 4) is 0 Å². The highest BCUT2D eigenvalue weighted by molar-refractivity contribution is 8.00. The zero-order valence-electron chi connectivity index (χ0n) is 14.0. The van der Waals surface area contributed by atoms with Crippen molar-refractivity contribution in [1.29, 1.82) is 0 Å². The number of hydrogen-bond donors (Lipinski definition) is 1. The molecule has 136 valence electrons. The van der Waals surface area contributed by atoms with Crippen LogP contribution in [0, 0.1) is 0 Å². The molecule has 1 atom stereocenters. The lowest BCUT2D eigenvalue weighted by Gasteiger charge is -2.21. The van der Waals surface area contributed by atoms with Gasteiger partial charge in [0.25, 0.3) is 5.56 Å². The van der Waals surface area contributed by atoms with Crippen molar-refractivity contribution >= 4 is 62.4 Å². The van der Waals surface area contributed by atoms with E-state index in [9.17, 15) is 9.59 Å². The quantitative estimate of drug-likeness (QED) is 0.611. The Morgan fingerprint density at radius 3 is 2.92 bits per heavy atom. The summed E-state index contributed by atoms with van der Waals surface area (Å²) in [7, 11) is 1.68. The molecule has 2 heterocycles. The van der Waals surface area contributed by atoms with E-state index in [1.54, 1.807) is 38.2 Å². The van der Waals surface area contributed by atoms with Crippen molar-refractivity contribution in [3.05, 3.63) is 55.9 Å². The van der Waals surface area contributed by atoms with E-state index in [1.807, 2.05) is 5.38 Å². The molecule has 2 aromatic heterocycles. The maximum absolute atomic E-state index is 12.7. The molecule has 1 amide bonds. The van der Waals surface area contributed by atoms with Gasteiger partial charge in [0.2, 0.25) is 5.91 Å². The highest BCUT2D eigenvalue weighted by Crippen LogP contribution is 2.33. The number of H-pyrrole nitrogens is 1. The number of carbonyl (C=O) groups excluding carboxylic acids is 1. The van der Waals surface area contributed by atoms with Crippen molar-refractivity contribution < 1.29 is 4.79 Å². The predicted octanol–water partition coefficient (Wildman–Crippen LogP) is 4.43. The standard InChI is InChI=1S/C17H15Cl2N3O2S2/c1-9(26-13-7-10(18)3-4-11(13)19)17(24)22(2)8-14-20-12-5-6-25-15(12)16(23)21-14/h3-7,9H,8H2,1-2H3,(H,20,21,23). The molecule has 0 radical (unpaired) electrons. The lowest BCUT2D eigenvalue weighted by Crippen LogP contribution is -2.33. The number of rotatable bonds is 5. The van der Waals surface area contributed by atoms with E-state index in [4.69, 9.17) is 23.2 Å². The number of aromatic amines is 1. The number of thiophene rings is 1. The van der Waals surface area contributed by atoms with Gasteiger partial charge >= 0.3 is 0 Å². The van der Waals surface area contributed by atoms with E-state index in [2.05, 4.69) is 9.97 Å². The zero-order valence-corrected chi connectivity index (χ0v) is 17.1. The second kappa shape index (κ2) is 8.00. The third kappa shape index (κ3) is 4.23. The first kappa shape index (κ1) is 19.2. The largest absolute Gasteiger partial charge is 0.337 e. The first-order valence-electron chi connectivity index (χ1n) is 7.68. The minimum Gasteiger partial charge on any atom is -0.337 e. The van der Waals surface area contributed by atoms with Crippen molar-refractivity contribution in [1.82, 2.24) is 14.9 Å². The predicted molar refractivity (Wildman–Crippen MR) is 108 cm³/mol. The highest BCUT2D eigenvalue weighted by atomic mass is 35.5. The Kier molecular flexibility index (Phi) is 5.92. The second-order valence-electron chi connectivity index (χ2n) is 5.68. The van der Waals surface area contributed by atoms with Gasteiger partial charge in [-0.05, 0) is 36.6 Å². The van der Waals surface area contributed by atoms with E-state index >= 15 is 0 Å². The number of fused-ring (bicyclic) bond motifs is 1. The summed E-state index contributed by atoms with van der Waals surface area (Å²) in [5, 5.41) is 2.57. The number of carbonyl (C=O) groups is 1. The van der Waals surface area contributed by atoms with Crippen molar-refractivity contribution in [2.75, 3.05) is 7.05 Å². The van der Waals surface area contributed by atoms with Crippen LogP contribution >= 0.6 is 46.3 Å². The van der Waals surface area contributed by atoms with E-state index in [1.165, 1.54) is 28.0 Å². The average molecular weight is 428 g/mol. The fourth-order valence-electron chi connectivity index (χ4n) is 2.42. The van der Waals surface area contributed by atoms with Crippen molar-refractivity contribution in [3.63, 3.8) is 0 Å². The van der Waals surface area contributed by atoms with Gasteiger partial charge < -0.3 is 9.88 Å². The molecule has 0 fully saturated rings. The van der Waals surface area contributed by atoms with E-state index < -0.39 is 0 Å². The lowest BCUT2D eigenvalue weighted by atomic mass is 10.3. The minimum absolute atomic E-state index is 0.0980. The van der Waals surface area contributed by atoms with E-state index in [-0.39, 0.29) is 23.3 Å². The van der Waals surface area contributed by atoms with E-state index in [0.717, 1.165) is 4.90 Å². The molecule has 0 saturated heterocycles. The minimum atomic E-state index is -0.368. The SMILES string of the molecule is CC(Sc1cc(Cl)ccc1Cl)C(=O)N(C)Cc1nc2ccsc2c(=O)[nH]1. The molecule has 3 aromatic rings. The Balaban J connectivity index is 1.71. The molecule has 5 nitrogen and oxygen atoms in total. The van der Waals surface area contributed by atoms with E-state index in [0.29, 0.717) is 26.1 Å². The van der Waals surface area contributed by atoms with Crippen LogP contribution in [0.1, 0.15) is 12.7 Å². The van der Waals surface area contributed by atoms with Gasteiger partial charge in [-0.25, -0.2) is 4.98 Å². The third-order valence-corrected chi connectivity index (χ3v) is 6.40. The molecule has 1 aromatic carbocycles. The summed E-state index contributed by atoms with van der Waals surface area (Å²) in [6, 6.07) is 6.94. The number of halogens is 2. The molecule has 0 aliphatic carbocycles. The van der Waals surface area contributed by atoms with Crippen LogP contribution in [0.3, 0.4) is 0 Å².